The van der Waals surface area contributed by atoms with Crippen LogP contribution in [0.3, 0.4) is 0 Å². The highest BCUT2D eigenvalue weighted by Crippen LogP contribution is 2.42. The van der Waals surface area contributed by atoms with Gasteiger partial charge in [-0.25, -0.2) is 0 Å². The van der Waals surface area contributed by atoms with Crippen molar-refractivity contribution >= 4 is 27.7 Å². The van der Waals surface area contributed by atoms with Crippen molar-refractivity contribution in [3.05, 3.63) is 52.5 Å². The lowest BCUT2D eigenvalue weighted by atomic mass is 10.0. The summed E-state index contributed by atoms with van der Waals surface area (Å²) in [6.45, 7) is 0. The maximum Gasteiger partial charge on any atom is 0.417 e. The molecule has 0 atom stereocenters. The molecule has 2 rings (SSSR count). The van der Waals surface area contributed by atoms with Crippen molar-refractivity contribution in [1.82, 2.24) is 0 Å². The maximum atomic E-state index is 13.0. The maximum absolute atomic E-state index is 13.0. The van der Waals surface area contributed by atoms with E-state index in [0.29, 0.717) is 5.56 Å². The fourth-order valence-electron chi connectivity index (χ4n) is 1.87. The number of benzene rings is 2. The van der Waals surface area contributed by atoms with E-state index in [0.717, 1.165) is 27.9 Å². The van der Waals surface area contributed by atoms with E-state index < -0.39 is 11.7 Å². The Morgan fingerprint density at radius 1 is 0.947 bits per heavy atom. The summed E-state index contributed by atoms with van der Waals surface area (Å²) in [6.07, 6.45) is -2.68. The average Bonchev–Trinajstić information content (AvgIpc) is 2.37. The van der Waals surface area contributed by atoms with Crippen LogP contribution in [0.4, 0.5) is 13.2 Å². The average molecular weight is 347 g/mol. The van der Waals surface area contributed by atoms with E-state index in [4.69, 9.17) is 0 Å². The van der Waals surface area contributed by atoms with Gasteiger partial charge in [-0.05, 0) is 29.5 Å². The first kappa shape index (κ1) is 14.5. The first-order valence-electron chi connectivity index (χ1n) is 5.44. The van der Waals surface area contributed by atoms with Crippen LogP contribution in [0.25, 0.3) is 11.1 Å². The third kappa shape index (κ3) is 2.98. The second kappa shape index (κ2) is 5.59. The number of rotatable bonds is 2. The topological polar surface area (TPSA) is 0 Å². The predicted octanol–water partition coefficient (Wildman–Crippen LogP) is 5.86. The van der Waals surface area contributed by atoms with Crippen molar-refractivity contribution in [2.75, 3.05) is 6.26 Å². The van der Waals surface area contributed by atoms with Gasteiger partial charge < -0.3 is 0 Å². The molecule has 0 heterocycles. The molecule has 0 fully saturated rings. The highest BCUT2D eigenvalue weighted by atomic mass is 79.9. The Labute approximate surface area is 122 Å². The van der Waals surface area contributed by atoms with Crippen LogP contribution in [0.2, 0.25) is 0 Å². The Balaban J connectivity index is 2.69. The molecule has 19 heavy (non-hydrogen) atoms. The second-order valence-electron chi connectivity index (χ2n) is 3.86. The van der Waals surface area contributed by atoms with Gasteiger partial charge in [0.1, 0.15) is 0 Å². The molecule has 0 bridgehead atoms. The summed E-state index contributed by atoms with van der Waals surface area (Å²) in [7, 11) is 0. The van der Waals surface area contributed by atoms with Gasteiger partial charge in [0.2, 0.25) is 0 Å². The van der Waals surface area contributed by atoms with E-state index in [9.17, 15) is 13.2 Å². The van der Waals surface area contributed by atoms with Gasteiger partial charge in [0.25, 0.3) is 0 Å². The lowest BCUT2D eigenvalue weighted by Crippen LogP contribution is -2.07. The van der Waals surface area contributed by atoms with Crippen molar-refractivity contribution in [2.45, 2.75) is 11.1 Å². The van der Waals surface area contributed by atoms with E-state index in [-0.39, 0.29) is 4.90 Å². The van der Waals surface area contributed by atoms with E-state index in [2.05, 4.69) is 15.9 Å². The van der Waals surface area contributed by atoms with Crippen LogP contribution in [0.15, 0.2) is 51.8 Å². The van der Waals surface area contributed by atoms with Gasteiger partial charge in [-0.1, -0.05) is 46.3 Å². The molecular formula is C14H10BrF3S. The van der Waals surface area contributed by atoms with Gasteiger partial charge in [-0.2, -0.15) is 13.2 Å². The summed E-state index contributed by atoms with van der Waals surface area (Å²) in [4.78, 5) is 0.252. The van der Waals surface area contributed by atoms with Gasteiger partial charge in [-0.3, -0.25) is 0 Å². The minimum Gasteiger partial charge on any atom is -0.166 e. The fraction of sp³-hybridized carbons (Fsp3) is 0.143. The molecule has 2 aromatic rings. The lowest BCUT2D eigenvalue weighted by molar-refractivity contribution is -0.139. The molecule has 0 nitrogen and oxygen atoms in total. The van der Waals surface area contributed by atoms with Crippen LogP contribution in [0.5, 0.6) is 0 Å². The van der Waals surface area contributed by atoms with Crippen molar-refractivity contribution in [3.63, 3.8) is 0 Å². The quantitative estimate of drug-likeness (QED) is 0.614. The summed E-state index contributed by atoms with van der Waals surface area (Å²) in [6, 6.07) is 11.5. The van der Waals surface area contributed by atoms with E-state index in [1.165, 1.54) is 6.07 Å². The van der Waals surface area contributed by atoms with Crippen molar-refractivity contribution < 1.29 is 13.2 Å². The van der Waals surface area contributed by atoms with Crippen molar-refractivity contribution in [2.24, 2.45) is 0 Å². The molecule has 0 aliphatic carbocycles. The zero-order chi connectivity index (χ0) is 14.0. The molecule has 2 aromatic carbocycles. The van der Waals surface area contributed by atoms with Crippen LogP contribution < -0.4 is 0 Å². The summed E-state index contributed by atoms with van der Waals surface area (Å²) < 4.78 is 39.8. The monoisotopic (exact) mass is 346 g/mol. The molecular weight excluding hydrogens is 337 g/mol. The summed E-state index contributed by atoms with van der Waals surface area (Å²) >= 11 is 4.49. The van der Waals surface area contributed by atoms with Crippen LogP contribution >= 0.6 is 27.7 Å². The first-order valence-corrected chi connectivity index (χ1v) is 7.46. The molecule has 0 saturated heterocycles. The molecule has 0 saturated carbocycles. The molecule has 5 heteroatoms. The van der Waals surface area contributed by atoms with Gasteiger partial charge in [0.05, 0.1) is 5.56 Å². The van der Waals surface area contributed by atoms with Gasteiger partial charge in [0.15, 0.2) is 0 Å². The summed E-state index contributed by atoms with van der Waals surface area (Å²) in [5, 5.41) is 0. The molecule has 0 radical (unpaired) electrons. The normalized spacial score (nSPS) is 11.6. The van der Waals surface area contributed by atoms with Gasteiger partial charge in [-0.15, -0.1) is 11.8 Å². The highest BCUT2D eigenvalue weighted by molar-refractivity contribution is 9.10. The molecule has 0 aliphatic rings. The van der Waals surface area contributed by atoms with Crippen molar-refractivity contribution in [3.8, 4) is 11.1 Å². The van der Waals surface area contributed by atoms with Crippen molar-refractivity contribution in [1.29, 1.82) is 0 Å². The first-order chi connectivity index (χ1) is 8.95. The summed E-state index contributed by atoms with van der Waals surface area (Å²) in [5.41, 5.74) is 0.765. The number of alkyl halides is 3. The third-order valence-electron chi connectivity index (χ3n) is 2.69. The zero-order valence-electron chi connectivity index (χ0n) is 9.96. The number of halogens is 4. The van der Waals surface area contributed by atoms with Crippen LogP contribution in [0, 0.1) is 0 Å². The molecule has 100 valence electrons. The Morgan fingerprint density at radius 2 is 1.58 bits per heavy atom. The minimum atomic E-state index is -4.34. The SMILES string of the molecule is CSc1c(-c2ccccc2Br)cccc1C(F)(F)F. The fourth-order valence-corrected chi connectivity index (χ4v) is 3.17. The van der Waals surface area contributed by atoms with Gasteiger partial charge >= 0.3 is 6.18 Å². The number of hydrogen-bond donors (Lipinski definition) is 0. The molecule has 0 aromatic heterocycles. The van der Waals surface area contributed by atoms with E-state index >= 15 is 0 Å². The van der Waals surface area contributed by atoms with Gasteiger partial charge in [0, 0.05) is 9.37 Å². The standard InChI is InChI=1S/C14H10BrF3S/c1-19-13-10(9-5-2-3-8-12(9)15)6-4-7-11(13)14(16,17)18/h2-8H,1H3. The molecule has 0 unspecified atom stereocenters. The largest absolute Gasteiger partial charge is 0.417 e. The predicted molar refractivity (Wildman–Crippen MR) is 76.4 cm³/mol. The van der Waals surface area contributed by atoms with E-state index in [1.807, 2.05) is 18.2 Å². The summed E-state index contributed by atoms with van der Waals surface area (Å²) in [5.74, 6) is 0. The third-order valence-corrected chi connectivity index (χ3v) is 4.23. The smallest absolute Gasteiger partial charge is 0.166 e. The Morgan fingerprint density at radius 3 is 2.16 bits per heavy atom. The van der Waals surface area contributed by atoms with Crippen LogP contribution in [0.1, 0.15) is 5.56 Å². The Kier molecular flexibility index (Phi) is 4.26. The molecule has 0 aliphatic heterocycles. The zero-order valence-corrected chi connectivity index (χ0v) is 12.4. The van der Waals surface area contributed by atoms with E-state index in [1.54, 1.807) is 18.4 Å². The highest BCUT2D eigenvalue weighted by Gasteiger charge is 2.34. The van der Waals surface area contributed by atoms with Crippen LogP contribution in [-0.4, -0.2) is 6.26 Å². The molecule has 0 N–H and O–H groups in total. The minimum absolute atomic E-state index is 0.252. The number of thioether (sulfide) groups is 1. The molecule has 0 spiro atoms. The molecule has 0 amide bonds. The Bertz CT molecular complexity index is 593. The lowest BCUT2D eigenvalue weighted by Gasteiger charge is -2.16. The number of hydrogen-bond acceptors (Lipinski definition) is 1. The Hall–Kier alpha value is -0.940. The van der Waals surface area contributed by atoms with Crippen LogP contribution in [-0.2, 0) is 6.18 Å². The second-order valence-corrected chi connectivity index (χ2v) is 5.53.